The number of nitrogens with two attached hydrogens (primary N) is 1. The second-order valence-electron chi connectivity index (χ2n) is 6.13. The van der Waals surface area contributed by atoms with Gasteiger partial charge in [0.1, 0.15) is 12.4 Å². The number of hydrogen-bond donors (Lipinski definition) is 2. The van der Waals surface area contributed by atoms with E-state index < -0.39 is 0 Å². The third kappa shape index (κ3) is 2.60. The van der Waals surface area contributed by atoms with Crippen molar-refractivity contribution < 1.29 is 4.79 Å². The Labute approximate surface area is 113 Å². The molecule has 3 rings (SSSR count). The van der Waals surface area contributed by atoms with E-state index >= 15 is 0 Å². The summed E-state index contributed by atoms with van der Waals surface area (Å²) >= 11 is 0. The number of hydrogen-bond acceptors (Lipinski definition) is 3. The SMILES string of the molecule is CC(NC(=O)Cn1ccc(N)n1)C1CC2CCC1C2. The first-order chi connectivity index (χ1) is 9.11. The van der Waals surface area contributed by atoms with Crippen molar-refractivity contribution in [3.8, 4) is 0 Å². The van der Waals surface area contributed by atoms with E-state index in [1.54, 1.807) is 16.9 Å². The van der Waals surface area contributed by atoms with E-state index in [2.05, 4.69) is 17.3 Å². The smallest absolute Gasteiger partial charge is 0.241 e. The summed E-state index contributed by atoms with van der Waals surface area (Å²) in [6.07, 6.45) is 7.15. The van der Waals surface area contributed by atoms with E-state index in [-0.39, 0.29) is 18.5 Å². The van der Waals surface area contributed by atoms with Crippen LogP contribution >= 0.6 is 0 Å². The van der Waals surface area contributed by atoms with Crippen molar-refractivity contribution >= 4 is 11.7 Å². The minimum atomic E-state index is 0.0263. The molecule has 2 aliphatic rings. The molecule has 1 aromatic heterocycles. The summed E-state index contributed by atoms with van der Waals surface area (Å²) in [5.41, 5.74) is 5.53. The summed E-state index contributed by atoms with van der Waals surface area (Å²) in [7, 11) is 0. The summed E-state index contributed by atoms with van der Waals surface area (Å²) in [6, 6.07) is 1.97. The molecule has 2 bridgehead atoms. The molecule has 0 radical (unpaired) electrons. The average molecular weight is 262 g/mol. The lowest BCUT2D eigenvalue weighted by Crippen LogP contribution is -2.41. The van der Waals surface area contributed by atoms with E-state index in [0.29, 0.717) is 11.7 Å². The Balaban J connectivity index is 1.52. The summed E-state index contributed by atoms with van der Waals surface area (Å²) in [5.74, 6) is 2.90. The predicted octanol–water partition coefficient (Wildman–Crippen LogP) is 1.41. The summed E-state index contributed by atoms with van der Waals surface area (Å²) in [6.45, 7) is 2.39. The maximum atomic E-state index is 12.0. The van der Waals surface area contributed by atoms with Gasteiger partial charge in [0.25, 0.3) is 0 Å². The monoisotopic (exact) mass is 262 g/mol. The zero-order valence-electron chi connectivity index (χ0n) is 11.4. The van der Waals surface area contributed by atoms with Crippen molar-refractivity contribution in [1.82, 2.24) is 15.1 Å². The number of nitrogens with one attached hydrogen (secondary N) is 1. The van der Waals surface area contributed by atoms with Crippen LogP contribution in [0, 0.1) is 17.8 Å². The van der Waals surface area contributed by atoms with Crippen molar-refractivity contribution in [3.63, 3.8) is 0 Å². The number of carbonyl (C=O) groups is 1. The van der Waals surface area contributed by atoms with Crippen LogP contribution in [0.1, 0.15) is 32.6 Å². The molecular weight excluding hydrogens is 240 g/mol. The number of anilines is 1. The molecular formula is C14H22N4O. The molecule has 19 heavy (non-hydrogen) atoms. The largest absolute Gasteiger partial charge is 0.382 e. The van der Waals surface area contributed by atoms with Crippen molar-refractivity contribution in [2.24, 2.45) is 17.8 Å². The lowest BCUT2D eigenvalue weighted by molar-refractivity contribution is -0.122. The van der Waals surface area contributed by atoms with Gasteiger partial charge in [0.05, 0.1) is 0 Å². The van der Waals surface area contributed by atoms with Crippen molar-refractivity contribution in [1.29, 1.82) is 0 Å². The lowest BCUT2D eigenvalue weighted by atomic mass is 9.84. The van der Waals surface area contributed by atoms with Crippen LogP contribution in [0.25, 0.3) is 0 Å². The molecule has 1 aromatic rings. The standard InChI is InChI=1S/C14H22N4O/c1-9(12-7-10-2-3-11(12)6-10)16-14(19)8-18-5-4-13(15)17-18/h4-5,9-12H,2-3,6-8H2,1H3,(H2,15,17)(H,16,19). The highest BCUT2D eigenvalue weighted by Gasteiger charge is 2.42. The van der Waals surface area contributed by atoms with Gasteiger partial charge in [-0.1, -0.05) is 6.42 Å². The van der Waals surface area contributed by atoms with Crippen molar-refractivity contribution in [3.05, 3.63) is 12.3 Å². The Morgan fingerprint density at radius 2 is 2.42 bits per heavy atom. The Bertz CT molecular complexity index is 470. The number of carbonyl (C=O) groups excluding carboxylic acids is 1. The zero-order valence-corrected chi connectivity index (χ0v) is 11.4. The zero-order chi connectivity index (χ0) is 13.4. The quantitative estimate of drug-likeness (QED) is 0.861. The van der Waals surface area contributed by atoms with Crippen LogP contribution in [0.4, 0.5) is 5.82 Å². The fourth-order valence-electron chi connectivity index (χ4n) is 3.93. The van der Waals surface area contributed by atoms with Crippen molar-refractivity contribution in [2.75, 3.05) is 5.73 Å². The molecule has 0 saturated heterocycles. The molecule has 0 aromatic carbocycles. The van der Waals surface area contributed by atoms with E-state index in [1.807, 2.05) is 0 Å². The topological polar surface area (TPSA) is 72.9 Å². The van der Waals surface area contributed by atoms with Gasteiger partial charge >= 0.3 is 0 Å². The van der Waals surface area contributed by atoms with Crippen LogP contribution in [-0.4, -0.2) is 21.7 Å². The molecule has 2 saturated carbocycles. The van der Waals surface area contributed by atoms with Crippen LogP contribution in [0.5, 0.6) is 0 Å². The Morgan fingerprint density at radius 3 is 3.00 bits per heavy atom. The highest BCUT2D eigenvalue weighted by molar-refractivity contribution is 5.76. The van der Waals surface area contributed by atoms with Gasteiger partial charge in [0, 0.05) is 12.2 Å². The van der Waals surface area contributed by atoms with Gasteiger partial charge in [0.15, 0.2) is 0 Å². The summed E-state index contributed by atoms with van der Waals surface area (Å²) in [5, 5.41) is 7.15. The molecule has 0 aliphatic heterocycles. The number of aromatic nitrogens is 2. The Hall–Kier alpha value is -1.52. The molecule has 3 N–H and O–H groups in total. The second-order valence-corrected chi connectivity index (χ2v) is 6.13. The number of nitrogen functional groups attached to an aromatic ring is 1. The normalized spacial score (nSPS) is 30.5. The lowest BCUT2D eigenvalue weighted by Gasteiger charge is -2.28. The molecule has 1 amide bonds. The van der Waals surface area contributed by atoms with Gasteiger partial charge in [-0.05, 0) is 50.0 Å². The van der Waals surface area contributed by atoms with Gasteiger partial charge in [-0.2, -0.15) is 5.10 Å². The molecule has 0 spiro atoms. The van der Waals surface area contributed by atoms with Crippen molar-refractivity contribution in [2.45, 2.75) is 45.2 Å². The number of amides is 1. The second kappa shape index (κ2) is 4.87. The number of nitrogens with zero attached hydrogens (tertiary/aromatic N) is 2. The highest BCUT2D eigenvalue weighted by atomic mass is 16.2. The Kier molecular flexibility index (Phi) is 3.21. The van der Waals surface area contributed by atoms with Crippen LogP contribution < -0.4 is 11.1 Å². The summed E-state index contributed by atoms with van der Waals surface area (Å²) < 4.78 is 1.58. The van der Waals surface area contributed by atoms with Crippen LogP contribution in [0.2, 0.25) is 0 Å². The van der Waals surface area contributed by atoms with Gasteiger partial charge in [-0.25, -0.2) is 0 Å². The maximum Gasteiger partial charge on any atom is 0.241 e. The van der Waals surface area contributed by atoms with Crippen LogP contribution in [0.3, 0.4) is 0 Å². The minimum absolute atomic E-state index is 0.0263. The van der Waals surface area contributed by atoms with E-state index in [4.69, 9.17) is 5.73 Å². The molecule has 5 nitrogen and oxygen atoms in total. The molecule has 4 unspecified atom stereocenters. The average Bonchev–Trinajstić information content (AvgIpc) is 3.05. The van der Waals surface area contributed by atoms with Gasteiger partial charge in [-0.3, -0.25) is 9.48 Å². The third-order valence-corrected chi connectivity index (χ3v) is 4.79. The molecule has 5 heteroatoms. The summed E-state index contributed by atoms with van der Waals surface area (Å²) in [4.78, 5) is 12.0. The van der Waals surface area contributed by atoms with E-state index in [1.165, 1.54) is 25.7 Å². The maximum absolute atomic E-state index is 12.0. The predicted molar refractivity (Wildman–Crippen MR) is 73.2 cm³/mol. The Morgan fingerprint density at radius 1 is 1.58 bits per heavy atom. The first-order valence-electron chi connectivity index (χ1n) is 7.20. The molecule has 1 heterocycles. The van der Waals surface area contributed by atoms with Gasteiger partial charge < -0.3 is 11.1 Å². The third-order valence-electron chi connectivity index (χ3n) is 4.79. The molecule has 104 valence electrons. The van der Waals surface area contributed by atoms with E-state index in [0.717, 1.165) is 11.8 Å². The number of fused-ring (bicyclic) bond motifs is 2. The highest BCUT2D eigenvalue weighted by Crippen LogP contribution is 2.49. The molecule has 4 atom stereocenters. The van der Waals surface area contributed by atoms with Crippen LogP contribution in [-0.2, 0) is 11.3 Å². The molecule has 2 fully saturated rings. The number of rotatable bonds is 4. The van der Waals surface area contributed by atoms with Gasteiger partial charge in [-0.15, -0.1) is 0 Å². The minimum Gasteiger partial charge on any atom is -0.382 e. The fraction of sp³-hybridized carbons (Fsp3) is 0.714. The molecule has 2 aliphatic carbocycles. The van der Waals surface area contributed by atoms with Crippen LogP contribution in [0.15, 0.2) is 12.3 Å². The first kappa shape index (κ1) is 12.5. The first-order valence-corrected chi connectivity index (χ1v) is 7.20. The van der Waals surface area contributed by atoms with E-state index in [9.17, 15) is 4.79 Å². The van der Waals surface area contributed by atoms with Gasteiger partial charge in [0.2, 0.25) is 5.91 Å². The fourth-order valence-corrected chi connectivity index (χ4v) is 3.93.